The molecule has 1 aliphatic carbocycles. The third-order valence-corrected chi connectivity index (χ3v) is 7.80. The molecule has 0 bridgehead atoms. The van der Waals surface area contributed by atoms with Crippen LogP contribution in [0.2, 0.25) is 0 Å². The molecule has 0 radical (unpaired) electrons. The molecule has 2 heterocycles. The lowest BCUT2D eigenvalue weighted by Crippen LogP contribution is -2.35. The summed E-state index contributed by atoms with van der Waals surface area (Å²) in [6.07, 6.45) is 0.00425. The minimum atomic E-state index is -3.69. The van der Waals surface area contributed by atoms with Gasteiger partial charge in [-0.1, -0.05) is 14.4 Å². The van der Waals surface area contributed by atoms with E-state index in [-0.39, 0.29) is 35.2 Å². The molecule has 2 aliphatic rings. The number of piperidine rings is 1. The average Bonchev–Trinajstić information content (AvgIpc) is 3.07. The van der Waals surface area contributed by atoms with Crippen molar-refractivity contribution < 1.29 is 40.0 Å². The molecular formula is C21H23F4N2O5PS. The standard InChI is InChI=1S/C21H23F4N2O5PS/c1-11(19(2,22)23)31-15-5-4-13(34(3,29)30)6-14(15)18(28)27-9-12-8-20(12,10-27)16-7-17(32-26-16)21(24,25)33/h4-7,11-12H,8-10,33H2,1-3H3/t11-,12+,20+/m1/s1. The van der Waals surface area contributed by atoms with Gasteiger partial charge in [-0.3, -0.25) is 4.79 Å². The summed E-state index contributed by atoms with van der Waals surface area (Å²) in [5.74, 6) is -4.65. The first-order valence-electron chi connectivity index (χ1n) is 10.3. The van der Waals surface area contributed by atoms with Gasteiger partial charge in [-0.25, -0.2) is 17.2 Å². The van der Waals surface area contributed by atoms with Crippen LogP contribution < -0.4 is 4.74 Å². The topological polar surface area (TPSA) is 89.7 Å². The van der Waals surface area contributed by atoms with E-state index >= 15 is 0 Å². The molecule has 0 spiro atoms. The van der Waals surface area contributed by atoms with Crippen LogP contribution in [0.15, 0.2) is 33.7 Å². The number of ether oxygens (including phenoxy) is 1. The fraction of sp³-hybridized carbons (Fsp3) is 0.524. The molecule has 0 N–H and O–H groups in total. The first-order valence-corrected chi connectivity index (χ1v) is 12.8. The summed E-state index contributed by atoms with van der Waals surface area (Å²) in [6.45, 7) is 2.21. The number of rotatable bonds is 7. The van der Waals surface area contributed by atoms with Gasteiger partial charge in [0.05, 0.1) is 16.2 Å². The number of amides is 1. The van der Waals surface area contributed by atoms with Crippen LogP contribution in [0.25, 0.3) is 0 Å². The van der Waals surface area contributed by atoms with Crippen LogP contribution in [0, 0.1) is 5.92 Å². The van der Waals surface area contributed by atoms with Crippen LogP contribution in [0.3, 0.4) is 0 Å². The van der Waals surface area contributed by atoms with E-state index in [2.05, 4.69) is 5.16 Å². The van der Waals surface area contributed by atoms with E-state index in [9.17, 15) is 30.8 Å². The maximum atomic E-state index is 13.7. The fourth-order valence-electron chi connectivity index (χ4n) is 4.18. The maximum Gasteiger partial charge on any atom is 0.317 e. The highest BCUT2D eigenvalue weighted by Gasteiger charge is 2.63. The number of nitrogens with zero attached hydrogens (tertiary/aromatic N) is 2. The van der Waals surface area contributed by atoms with Gasteiger partial charge in [-0.15, -0.1) is 0 Å². The van der Waals surface area contributed by atoms with Gasteiger partial charge in [-0.05, 0) is 37.5 Å². The monoisotopic (exact) mass is 522 g/mol. The second kappa shape index (κ2) is 7.91. The van der Waals surface area contributed by atoms with E-state index < -0.39 is 44.6 Å². The fourth-order valence-corrected chi connectivity index (χ4v) is 4.96. The largest absolute Gasteiger partial charge is 0.484 e. The van der Waals surface area contributed by atoms with E-state index in [1.54, 1.807) is 0 Å². The quantitative estimate of drug-likeness (QED) is 0.406. The Morgan fingerprint density at radius 2 is 2.00 bits per heavy atom. The Morgan fingerprint density at radius 3 is 2.56 bits per heavy atom. The SMILES string of the molecule is C[C@@H](Oc1ccc(S(C)(=O)=O)cc1C(=O)N1C[C@@H]2C[C@]2(c2cc(C(F)(F)P)on2)C1)C(C)(F)F. The number of carbonyl (C=O) groups excluding carboxylic acids is 1. The Bertz CT molecular complexity index is 1240. The van der Waals surface area contributed by atoms with Crippen molar-refractivity contribution in [1.82, 2.24) is 10.1 Å². The third kappa shape index (κ3) is 4.54. The van der Waals surface area contributed by atoms with Gasteiger partial charge in [-0.2, -0.15) is 8.78 Å². The number of hydrogen-bond donors (Lipinski definition) is 0. The molecular weight excluding hydrogens is 499 g/mol. The summed E-state index contributed by atoms with van der Waals surface area (Å²) in [5.41, 5.74) is -3.79. The normalized spacial score (nSPS) is 23.5. The average molecular weight is 522 g/mol. The van der Waals surface area contributed by atoms with Gasteiger partial charge in [0.1, 0.15) is 5.75 Å². The summed E-state index contributed by atoms with van der Waals surface area (Å²) < 4.78 is 88.7. The Morgan fingerprint density at radius 1 is 1.32 bits per heavy atom. The lowest BCUT2D eigenvalue weighted by molar-refractivity contribution is -0.0720. The van der Waals surface area contributed by atoms with Crippen LogP contribution in [0.5, 0.6) is 5.75 Å². The summed E-state index contributed by atoms with van der Waals surface area (Å²) >= 11 is 0. The first kappa shape index (κ1) is 24.9. The number of sulfone groups is 1. The molecule has 4 rings (SSSR count). The molecule has 2 fully saturated rings. The van der Waals surface area contributed by atoms with Gasteiger partial charge in [0.2, 0.25) is 5.76 Å². The van der Waals surface area contributed by atoms with Gasteiger partial charge < -0.3 is 14.2 Å². The molecule has 1 amide bonds. The van der Waals surface area contributed by atoms with Crippen molar-refractivity contribution in [3.63, 3.8) is 0 Å². The molecule has 4 atom stereocenters. The highest BCUT2D eigenvalue weighted by Crippen LogP contribution is 2.59. The molecule has 1 unspecified atom stereocenters. The molecule has 1 saturated carbocycles. The van der Waals surface area contributed by atoms with Crippen molar-refractivity contribution >= 4 is 25.0 Å². The predicted molar refractivity (Wildman–Crippen MR) is 116 cm³/mol. The summed E-state index contributed by atoms with van der Waals surface area (Å²) in [6, 6.07) is 4.64. The lowest BCUT2D eigenvalue weighted by atomic mass is 10.0. The van der Waals surface area contributed by atoms with E-state index in [4.69, 9.17) is 9.26 Å². The van der Waals surface area contributed by atoms with Crippen molar-refractivity contribution in [3.8, 4) is 5.75 Å². The Labute approximate surface area is 195 Å². The molecule has 1 aromatic carbocycles. The van der Waals surface area contributed by atoms with Gasteiger partial charge >= 0.3 is 5.66 Å². The van der Waals surface area contributed by atoms with Gasteiger partial charge in [0.25, 0.3) is 11.8 Å². The third-order valence-electron chi connectivity index (χ3n) is 6.41. The summed E-state index contributed by atoms with van der Waals surface area (Å²) in [7, 11) is -2.32. The molecule has 1 aliphatic heterocycles. The number of halogens is 4. The molecule has 186 valence electrons. The second-order valence-electron chi connectivity index (χ2n) is 9.09. The van der Waals surface area contributed by atoms with E-state index in [1.807, 2.05) is 0 Å². The Balaban J connectivity index is 1.63. The lowest BCUT2D eigenvalue weighted by Gasteiger charge is -2.25. The number of likely N-dealkylation sites (tertiary alicyclic amines) is 1. The van der Waals surface area contributed by atoms with Crippen molar-refractivity contribution in [2.75, 3.05) is 19.3 Å². The van der Waals surface area contributed by atoms with Crippen LogP contribution in [0.4, 0.5) is 17.6 Å². The Hall–Kier alpha value is -2.20. The number of aromatic nitrogens is 1. The summed E-state index contributed by atoms with van der Waals surface area (Å²) in [5, 5.41) is 3.78. The molecule has 13 heteroatoms. The highest BCUT2D eigenvalue weighted by atomic mass is 32.2. The molecule has 2 aromatic rings. The number of fused-ring (bicyclic) bond motifs is 1. The minimum absolute atomic E-state index is 0.0473. The molecule has 1 saturated heterocycles. The zero-order chi connectivity index (χ0) is 25.3. The number of hydrogen-bond acceptors (Lipinski definition) is 6. The van der Waals surface area contributed by atoms with Crippen LogP contribution >= 0.6 is 9.24 Å². The second-order valence-corrected chi connectivity index (χ2v) is 11.8. The van der Waals surface area contributed by atoms with Crippen molar-refractivity contribution in [3.05, 3.63) is 41.3 Å². The van der Waals surface area contributed by atoms with Crippen LogP contribution in [-0.4, -0.2) is 55.8 Å². The Kier molecular flexibility index (Phi) is 5.80. The van der Waals surface area contributed by atoms with Crippen molar-refractivity contribution in [1.29, 1.82) is 0 Å². The summed E-state index contributed by atoms with van der Waals surface area (Å²) in [4.78, 5) is 14.6. The highest BCUT2D eigenvalue weighted by molar-refractivity contribution is 7.90. The first-order chi connectivity index (χ1) is 15.5. The van der Waals surface area contributed by atoms with Gasteiger partial charge in [0, 0.05) is 37.8 Å². The van der Waals surface area contributed by atoms with E-state index in [0.717, 1.165) is 19.2 Å². The zero-order valence-corrected chi connectivity index (χ0v) is 20.5. The molecule has 7 nitrogen and oxygen atoms in total. The van der Waals surface area contributed by atoms with E-state index in [0.29, 0.717) is 19.0 Å². The minimum Gasteiger partial charge on any atom is -0.484 e. The van der Waals surface area contributed by atoms with Crippen molar-refractivity contribution in [2.45, 2.75) is 48.3 Å². The van der Waals surface area contributed by atoms with Crippen LogP contribution in [-0.2, 0) is 20.9 Å². The smallest absolute Gasteiger partial charge is 0.317 e. The molecule has 34 heavy (non-hydrogen) atoms. The van der Waals surface area contributed by atoms with Crippen LogP contribution in [0.1, 0.15) is 42.1 Å². The number of alkyl halides is 4. The maximum absolute atomic E-state index is 13.7. The number of carbonyl (C=O) groups is 1. The number of benzene rings is 1. The van der Waals surface area contributed by atoms with Crippen molar-refractivity contribution in [2.24, 2.45) is 5.92 Å². The van der Waals surface area contributed by atoms with Gasteiger partial charge in [0.15, 0.2) is 15.9 Å². The zero-order valence-electron chi connectivity index (χ0n) is 18.5. The van der Waals surface area contributed by atoms with E-state index in [1.165, 1.54) is 32.3 Å². The molecule has 1 aromatic heterocycles. The predicted octanol–water partition coefficient (Wildman–Crippen LogP) is 3.84.